The average molecular weight is 184 g/mol. The molecule has 1 amide bonds. The largest absolute Gasteiger partial charge is 0.377 e. The van der Waals surface area contributed by atoms with E-state index < -0.39 is 0 Å². The van der Waals surface area contributed by atoms with Crippen LogP contribution in [0, 0.1) is 5.41 Å². The lowest BCUT2D eigenvalue weighted by molar-refractivity contribution is -0.139. The molecule has 0 unspecified atom stereocenters. The van der Waals surface area contributed by atoms with Crippen molar-refractivity contribution in [2.75, 3.05) is 19.8 Å². The summed E-state index contributed by atoms with van der Waals surface area (Å²) in [5, 5.41) is 2.97. The maximum atomic E-state index is 11.7. The smallest absolute Gasteiger partial charge is 0.227 e. The van der Waals surface area contributed by atoms with Crippen LogP contribution >= 0.6 is 0 Å². The Balaban J connectivity index is 1.87. The minimum atomic E-state index is -0.240. The number of hydrogen-bond acceptors (Lipinski definition) is 3. The Morgan fingerprint density at radius 3 is 2.54 bits per heavy atom. The molecule has 2 fully saturated rings. The Labute approximate surface area is 77.8 Å². The van der Waals surface area contributed by atoms with Crippen LogP contribution in [0.25, 0.3) is 0 Å². The van der Waals surface area contributed by atoms with E-state index in [4.69, 9.17) is 10.5 Å². The predicted molar refractivity (Wildman–Crippen MR) is 48.1 cm³/mol. The topological polar surface area (TPSA) is 64.4 Å². The zero-order valence-electron chi connectivity index (χ0n) is 7.71. The van der Waals surface area contributed by atoms with Crippen LogP contribution in [0.5, 0.6) is 0 Å². The molecule has 74 valence electrons. The van der Waals surface area contributed by atoms with E-state index in [1.54, 1.807) is 0 Å². The monoisotopic (exact) mass is 184 g/mol. The van der Waals surface area contributed by atoms with Gasteiger partial charge in [0.2, 0.25) is 5.91 Å². The minimum Gasteiger partial charge on any atom is -0.377 e. The summed E-state index contributed by atoms with van der Waals surface area (Å²) < 4.78 is 4.99. The third-order valence-electron chi connectivity index (χ3n) is 3.16. The van der Waals surface area contributed by atoms with Gasteiger partial charge in [-0.25, -0.2) is 0 Å². The molecule has 13 heavy (non-hydrogen) atoms. The van der Waals surface area contributed by atoms with Crippen molar-refractivity contribution < 1.29 is 9.53 Å². The number of rotatable bonds is 3. The number of amides is 1. The Hall–Kier alpha value is -0.610. The number of nitrogens with one attached hydrogen (secondary N) is 1. The fourth-order valence-corrected chi connectivity index (χ4v) is 1.78. The maximum Gasteiger partial charge on any atom is 0.227 e. The lowest BCUT2D eigenvalue weighted by Crippen LogP contribution is -2.57. The summed E-state index contributed by atoms with van der Waals surface area (Å²) in [5.74, 6) is 0.134. The molecule has 1 aliphatic carbocycles. The highest BCUT2D eigenvalue weighted by Crippen LogP contribution is 2.40. The summed E-state index contributed by atoms with van der Waals surface area (Å²) in [5.41, 5.74) is 5.37. The van der Waals surface area contributed by atoms with Crippen molar-refractivity contribution in [2.45, 2.75) is 25.3 Å². The van der Waals surface area contributed by atoms with Crippen LogP contribution in [0.1, 0.15) is 19.3 Å². The summed E-state index contributed by atoms with van der Waals surface area (Å²) in [7, 11) is 0. The van der Waals surface area contributed by atoms with Crippen molar-refractivity contribution in [3.63, 3.8) is 0 Å². The number of carbonyl (C=O) groups is 1. The molecule has 1 saturated carbocycles. The molecule has 2 rings (SSSR count). The first-order valence-corrected chi connectivity index (χ1v) is 4.86. The third-order valence-corrected chi connectivity index (χ3v) is 3.16. The van der Waals surface area contributed by atoms with Gasteiger partial charge in [0.05, 0.1) is 24.7 Å². The molecule has 1 saturated heterocycles. The SMILES string of the molecule is NCC1(C(=O)NC2COC2)CCC1. The van der Waals surface area contributed by atoms with Gasteiger partial charge >= 0.3 is 0 Å². The quantitative estimate of drug-likeness (QED) is 0.629. The van der Waals surface area contributed by atoms with Gasteiger partial charge in [0.25, 0.3) is 0 Å². The van der Waals surface area contributed by atoms with Crippen LogP contribution in [0.15, 0.2) is 0 Å². The van der Waals surface area contributed by atoms with E-state index in [9.17, 15) is 4.79 Å². The summed E-state index contributed by atoms with van der Waals surface area (Å²) >= 11 is 0. The second-order valence-electron chi connectivity index (χ2n) is 4.05. The maximum absolute atomic E-state index is 11.7. The van der Waals surface area contributed by atoms with Crippen LogP contribution in [0.4, 0.5) is 0 Å². The van der Waals surface area contributed by atoms with Crippen LogP contribution in [-0.2, 0) is 9.53 Å². The Kier molecular flexibility index (Phi) is 2.26. The summed E-state index contributed by atoms with van der Waals surface area (Å²) in [6.07, 6.45) is 3.03. The molecule has 0 spiro atoms. The molecular weight excluding hydrogens is 168 g/mol. The average Bonchev–Trinajstić information content (AvgIpc) is 1.96. The summed E-state index contributed by atoms with van der Waals surface area (Å²) in [6.45, 7) is 1.80. The molecule has 0 aromatic heterocycles. The van der Waals surface area contributed by atoms with Crippen molar-refractivity contribution in [1.82, 2.24) is 5.32 Å². The fourth-order valence-electron chi connectivity index (χ4n) is 1.78. The van der Waals surface area contributed by atoms with Crippen LogP contribution < -0.4 is 11.1 Å². The van der Waals surface area contributed by atoms with Gasteiger partial charge in [-0.05, 0) is 12.8 Å². The highest BCUT2D eigenvalue weighted by atomic mass is 16.5. The lowest BCUT2D eigenvalue weighted by Gasteiger charge is -2.41. The van der Waals surface area contributed by atoms with E-state index in [1.807, 2.05) is 0 Å². The molecule has 0 radical (unpaired) electrons. The molecule has 0 aromatic carbocycles. The third kappa shape index (κ3) is 1.44. The Morgan fingerprint density at radius 2 is 2.23 bits per heavy atom. The number of nitrogens with two attached hydrogens (primary N) is 1. The van der Waals surface area contributed by atoms with Crippen molar-refractivity contribution in [1.29, 1.82) is 0 Å². The molecular formula is C9H16N2O2. The fraction of sp³-hybridized carbons (Fsp3) is 0.889. The molecule has 4 nitrogen and oxygen atoms in total. The molecule has 0 bridgehead atoms. The first kappa shape index (κ1) is 8.97. The first-order valence-electron chi connectivity index (χ1n) is 4.86. The Bertz CT molecular complexity index is 204. The number of carbonyl (C=O) groups excluding carboxylic acids is 1. The predicted octanol–water partition coefficient (Wildman–Crippen LogP) is -0.370. The first-order chi connectivity index (χ1) is 6.27. The zero-order chi connectivity index (χ0) is 9.31. The van der Waals surface area contributed by atoms with Gasteiger partial charge in [0.1, 0.15) is 0 Å². The molecule has 2 aliphatic rings. The Morgan fingerprint density at radius 1 is 1.54 bits per heavy atom. The summed E-state index contributed by atoms with van der Waals surface area (Å²) in [6, 6.07) is 0.233. The second-order valence-corrected chi connectivity index (χ2v) is 4.05. The molecule has 1 aliphatic heterocycles. The van der Waals surface area contributed by atoms with Gasteiger partial charge in [-0.2, -0.15) is 0 Å². The zero-order valence-corrected chi connectivity index (χ0v) is 7.71. The number of ether oxygens (including phenoxy) is 1. The van der Waals surface area contributed by atoms with Gasteiger partial charge in [0.15, 0.2) is 0 Å². The van der Waals surface area contributed by atoms with Crippen LogP contribution in [0.2, 0.25) is 0 Å². The van der Waals surface area contributed by atoms with Crippen molar-refractivity contribution >= 4 is 5.91 Å². The highest BCUT2D eigenvalue weighted by molar-refractivity contribution is 5.84. The van der Waals surface area contributed by atoms with Crippen molar-refractivity contribution in [3.8, 4) is 0 Å². The summed E-state index contributed by atoms with van der Waals surface area (Å²) in [4.78, 5) is 11.7. The van der Waals surface area contributed by atoms with Crippen LogP contribution in [-0.4, -0.2) is 31.7 Å². The lowest BCUT2D eigenvalue weighted by atomic mass is 9.68. The highest BCUT2D eigenvalue weighted by Gasteiger charge is 2.43. The molecule has 4 heteroatoms. The van der Waals surface area contributed by atoms with E-state index in [2.05, 4.69) is 5.32 Å². The van der Waals surface area contributed by atoms with Gasteiger partial charge in [-0.3, -0.25) is 4.79 Å². The normalized spacial score (nSPS) is 25.9. The molecule has 0 atom stereocenters. The number of hydrogen-bond donors (Lipinski definition) is 2. The van der Waals surface area contributed by atoms with Crippen molar-refractivity contribution in [2.24, 2.45) is 11.1 Å². The standard InChI is InChI=1S/C9H16N2O2/c10-6-9(2-1-3-9)8(12)11-7-4-13-5-7/h7H,1-6,10H2,(H,11,12). The molecule has 1 heterocycles. The van der Waals surface area contributed by atoms with E-state index in [0.717, 1.165) is 19.3 Å². The van der Waals surface area contributed by atoms with Gasteiger partial charge in [-0.15, -0.1) is 0 Å². The van der Waals surface area contributed by atoms with E-state index in [-0.39, 0.29) is 17.4 Å². The van der Waals surface area contributed by atoms with E-state index in [1.165, 1.54) is 0 Å². The second kappa shape index (κ2) is 3.27. The molecule has 0 aromatic rings. The van der Waals surface area contributed by atoms with Crippen molar-refractivity contribution in [3.05, 3.63) is 0 Å². The van der Waals surface area contributed by atoms with E-state index in [0.29, 0.717) is 19.8 Å². The molecule has 3 N–H and O–H groups in total. The van der Waals surface area contributed by atoms with Gasteiger partial charge in [-0.1, -0.05) is 6.42 Å². The van der Waals surface area contributed by atoms with Crippen LogP contribution in [0.3, 0.4) is 0 Å². The van der Waals surface area contributed by atoms with Gasteiger partial charge in [0, 0.05) is 6.54 Å². The minimum absolute atomic E-state index is 0.134. The van der Waals surface area contributed by atoms with E-state index >= 15 is 0 Å². The van der Waals surface area contributed by atoms with Gasteiger partial charge < -0.3 is 15.8 Å².